The summed E-state index contributed by atoms with van der Waals surface area (Å²) in [5.41, 5.74) is 0. The summed E-state index contributed by atoms with van der Waals surface area (Å²) in [5, 5.41) is 40.2. The van der Waals surface area contributed by atoms with Crippen molar-refractivity contribution in [3.05, 3.63) is 0 Å². The van der Waals surface area contributed by atoms with Crippen molar-refractivity contribution < 1.29 is 62.2 Å². The molecule has 2 aliphatic heterocycles. The Labute approximate surface area is 244 Å². The molecule has 0 bridgehead atoms. The van der Waals surface area contributed by atoms with Gasteiger partial charge in [-0.2, -0.15) is 0 Å². The summed E-state index contributed by atoms with van der Waals surface area (Å²) in [6, 6.07) is -1.85. The van der Waals surface area contributed by atoms with Gasteiger partial charge in [-0.3, -0.25) is 22.8 Å². The Bertz CT molecular complexity index is 1170. The van der Waals surface area contributed by atoms with Gasteiger partial charge in [0.25, 0.3) is 0 Å². The number of carbonyl (C=O) groups excluding carboxylic acids is 3. The molecule has 0 amide bonds. The van der Waals surface area contributed by atoms with E-state index in [1.807, 2.05) is 0 Å². The van der Waals surface area contributed by atoms with Crippen molar-refractivity contribution in [2.24, 2.45) is 8.73 Å². The van der Waals surface area contributed by atoms with Crippen molar-refractivity contribution >= 4 is 48.9 Å². The van der Waals surface area contributed by atoms with E-state index in [1.165, 1.54) is 31.9 Å². The summed E-state index contributed by atoms with van der Waals surface area (Å²) < 4.78 is 52.9. The van der Waals surface area contributed by atoms with Crippen molar-refractivity contribution in [3.63, 3.8) is 0 Å². The van der Waals surface area contributed by atoms with Gasteiger partial charge in [0, 0.05) is 44.5 Å². The quantitative estimate of drug-likeness (QED) is 0.162. The normalized spacial score (nSPS) is 31.5. The number of aliphatic hydroxyl groups is 4. The minimum Gasteiger partial charge on any atom is -0.463 e. The zero-order valence-corrected chi connectivity index (χ0v) is 26.0. The highest BCUT2D eigenvalue weighted by atomic mass is 32.2. The second-order valence-electron chi connectivity index (χ2n) is 10.4. The smallest absolute Gasteiger partial charge is 0.319 e. The Morgan fingerprint density at radius 3 is 1.68 bits per heavy atom. The van der Waals surface area contributed by atoms with Crippen molar-refractivity contribution in [1.29, 1.82) is 0 Å². The molecule has 2 rings (SSSR count). The van der Waals surface area contributed by atoms with Gasteiger partial charge in [0.15, 0.2) is 0 Å². The number of rotatable bonds is 12. The molecule has 0 aromatic heterocycles. The maximum atomic E-state index is 12.8. The van der Waals surface area contributed by atoms with E-state index >= 15 is 0 Å². The first kappa shape index (κ1) is 35.8. The standard InChI is InChI=1S/C23H40N2O13S3/c1-12(26)11-39-17(23(32)38-10-16-22(31)20(29)14(8-36-16)25-41(4,5)34)6-18(27)37-9-15-21(30)19(28)13(7-35-15)24-40(2,3)33/h13-17,19-22,28-31H,6-11H2,1-5H3/t13-,14-,15+,16+,17?,19+,20+,21-,22-/m0/s1. The van der Waals surface area contributed by atoms with Gasteiger partial charge in [-0.15, -0.1) is 11.8 Å². The average Bonchev–Trinajstić information content (AvgIpc) is 2.84. The van der Waals surface area contributed by atoms with E-state index in [2.05, 4.69) is 8.73 Å². The van der Waals surface area contributed by atoms with Gasteiger partial charge in [0.05, 0.1) is 25.4 Å². The molecule has 0 aliphatic carbocycles. The number of nitrogens with zero attached hydrogens (tertiary/aromatic N) is 2. The van der Waals surface area contributed by atoms with Crippen molar-refractivity contribution in [2.75, 3.05) is 57.2 Å². The van der Waals surface area contributed by atoms with Crippen molar-refractivity contribution in [1.82, 2.24) is 0 Å². The lowest BCUT2D eigenvalue weighted by Crippen LogP contribution is -2.54. The van der Waals surface area contributed by atoms with Crippen LogP contribution in [0.1, 0.15) is 13.3 Å². The van der Waals surface area contributed by atoms with Crippen LogP contribution >= 0.6 is 11.8 Å². The molecule has 2 aliphatic rings. The Morgan fingerprint density at radius 2 is 1.27 bits per heavy atom. The largest absolute Gasteiger partial charge is 0.463 e. The van der Waals surface area contributed by atoms with E-state index in [9.17, 15) is 43.2 Å². The summed E-state index contributed by atoms with van der Waals surface area (Å²) in [6.07, 6.45) is -2.98. The highest BCUT2D eigenvalue weighted by Gasteiger charge is 2.41. The summed E-state index contributed by atoms with van der Waals surface area (Å²) in [7, 11) is -5.14. The molecule has 2 heterocycles. The van der Waals surface area contributed by atoms with Crippen LogP contribution in [0.25, 0.3) is 0 Å². The monoisotopic (exact) mass is 648 g/mol. The molecule has 4 N–H and O–H groups in total. The fourth-order valence-corrected chi connectivity index (χ4v) is 6.51. The molecule has 2 fully saturated rings. The minimum atomic E-state index is -2.57. The van der Waals surface area contributed by atoms with Crippen LogP contribution in [0, 0.1) is 0 Å². The van der Waals surface area contributed by atoms with Crippen molar-refractivity contribution in [2.45, 2.75) is 67.3 Å². The van der Waals surface area contributed by atoms with Gasteiger partial charge in [-0.25, -0.2) is 8.73 Å². The molecule has 0 saturated carbocycles. The van der Waals surface area contributed by atoms with E-state index < -0.39 is 105 Å². The molecular formula is C23H40N2O13S3. The van der Waals surface area contributed by atoms with Crippen LogP contribution < -0.4 is 0 Å². The molecule has 15 nitrogen and oxygen atoms in total. The average molecular weight is 649 g/mol. The van der Waals surface area contributed by atoms with Gasteiger partial charge in [0.1, 0.15) is 73.0 Å². The Morgan fingerprint density at radius 1 is 0.829 bits per heavy atom. The predicted octanol–water partition coefficient (Wildman–Crippen LogP) is -2.41. The number of carbonyl (C=O) groups is 3. The third-order valence-corrected chi connectivity index (χ3v) is 8.78. The van der Waals surface area contributed by atoms with E-state index in [0.717, 1.165) is 11.8 Å². The van der Waals surface area contributed by atoms with Crippen LogP contribution in [-0.2, 0) is 52.8 Å². The predicted molar refractivity (Wildman–Crippen MR) is 149 cm³/mol. The second kappa shape index (κ2) is 15.4. The van der Waals surface area contributed by atoms with E-state index in [-0.39, 0.29) is 24.7 Å². The number of ether oxygens (including phenoxy) is 4. The topological polar surface area (TPSA) is 228 Å². The molecule has 2 saturated heterocycles. The van der Waals surface area contributed by atoms with Crippen LogP contribution in [0.3, 0.4) is 0 Å². The number of esters is 2. The zero-order chi connectivity index (χ0) is 31.1. The first-order chi connectivity index (χ1) is 18.9. The maximum absolute atomic E-state index is 12.8. The Balaban J connectivity index is 1.93. The lowest BCUT2D eigenvalue weighted by Gasteiger charge is -2.35. The third kappa shape index (κ3) is 12.0. The molecule has 9 atom stereocenters. The van der Waals surface area contributed by atoms with Crippen LogP contribution in [-0.4, -0.2) is 158 Å². The molecular weight excluding hydrogens is 608 g/mol. The number of aliphatic hydroxyl groups excluding tert-OH is 4. The first-order valence-corrected chi connectivity index (χ1v) is 18.3. The molecule has 0 aromatic carbocycles. The van der Waals surface area contributed by atoms with Crippen LogP contribution in [0.15, 0.2) is 8.73 Å². The fraction of sp³-hybridized carbons (Fsp3) is 0.870. The summed E-state index contributed by atoms with van der Waals surface area (Å²) in [4.78, 5) is 36.8. The Kier molecular flexibility index (Phi) is 13.4. The van der Waals surface area contributed by atoms with E-state index in [0.29, 0.717) is 0 Å². The van der Waals surface area contributed by atoms with Gasteiger partial charge in [-0.05, 0) is 6.92 Å². The second-order valence-corrected chi connectivity index (χ2v) is 16.8. The van der Waals surface area contributed by atoms with Gasteiger partial charge < -0.3 is 39.4 Å². The third-order valence-electron chi connectivity index (χ3n) is 5.89. The highest BCUT2D eigenvalue weighted by molar-refractivity contribution is 8.01. The van der Waals surface area contributed by atoms with Gasteiger partial charge in [-0.1, -0.05) is 0 Å². The Hall–Kier alpha value is -1.38. The molecule has 1 unspecified atom stereocenters. The molecule has 41 heavy (non-hydrogen) atoms. The number of ketones is 1. The number of Topliss-reactive ketones (excluding diaryl/α,β-unsaturated/α-hetero) is 1. The summed E-state index contributed by atoms with van der Waals surface area (Å²) in [6.45, 7) is 0.0531. The van der Waals surface area contributed by atoms with E-state index in [1.54, 1.807) is 0 Å². The van der Waals surface area contributed by atoms with Crippen LogP contribution in [0.4, 0.5) is 0 Å². The minimum absolute atomic E-state index is 0.107. The molecule has 0 radical (unpaired) electrons. The molecule has 18 heteroatoms. The van der Waals surface area contributed by atoms with Gasteiger partial charge in [0.2, 0.25) is 0 Å². The lowest BCUT2D eigenvalue weighted by atomic mass is 9.99. The molecule has 238 valence electrons. The lowest BCUT2D eigenvalue weighted by molar-refractivity contribution is -0.176. The summed E-state index contributed by atoms with van der Waals surface area (Å²) in [5.74, 6) is -2.14. The SMILES string of the molecule is CC(=O)CSC(CC(=O)OC[C@H]1OC[C@H](N=S(C)(C)=O)[C@@H](O)[C@H]1O)C(=O)OC[C@H]1OC[C@H](N=S(C)(C)=O)[C@@H](O)[C@H]1O. The fourth-order valence-electron chi connectivity index (χ4n) is 3.94. The summed E-state index contributed by atoms with van der Waals surface area (Å²) >= 11 is 0.844. The maximum Gasteiger partial charge on any atom is 0.319 e. The van der Waals surface area contributed by atoms with Crippen LogP contribution in [0.5, 0.6) is 0 Å². The van der Waals surface area contributed by atoms with Gasteiger partial charge >= 0.3 is 11.9 Å². The first-order valence-electron chi connectivity index (χ1n) is 12.6. The zero-order valence-electron chi connectivity index (χ0n) is 23.5. The van der Waals surface area contributed by atoms with Crippen LogP contribution in [0.2, 0.25) is 0 Å². The molecule has 0 aromatic rings. The van der Waals surface area contributed by atoms with E-state index in [4.69, 9.17) is 18.9 Å². The number of hydrogen-bond donors (Lipinski definition) is 4. The highest BCUT2D eigenvalue weighted by Crippen LogP contribution is 2.23. The molecule has 0 spiro atoms. The number of hydrogen-bond acceptors (Lipinski definition) is 16. The number of thioether (sulfide) groups is 1. The van der Waals surface area contributed by atoms with Crippen molar-refractivity contribution in [3.8, 4) is 0 Å².